The number of Topliss-reactive ketones (excluding diaryl/α,β-unsaturated/α-hetero) is 1. The molecule has 0 saturated carbocycles. The van der Waals surface area contributed by atoms with E-state index in [1.54, 1.807) is 26.0 Å². The van der Waals surface area contributed by atoms with E-state index in [-0.39, 0.29) is 10.8 Å². The number of thiocarbonyl (C=S) groups is 1. The molecule has 2 N–H and O–H groups in total. The molecule has 0 spiro atoms. The Morgan fingerprint density at radius 2 is 1.79 bits per heavy atom. The number of nitrogens with two attached hydrogens (primary N) is 1. The second kappa shape index (κ2) is 3.88. The van der Waals surface area contributed by atoms with Crippen LogP contribution in [0, 0.1) is 5.41 Å². The topological polar surface area (TPSA) is 43.1 Å². The average molecular weight is 207 g/mol. The van der Waals surface area contributed by atoms with Crippen LogP contribution in [0.1, 0.15) is 24.2 Å². The summed E-state index contributed by atoms with van der Waals surface area (Å²) in [5.41, 5.74) is 5.40. The predicted molar refractivity (Wildman–Crippen MR) is 61.3 cm³/mol. The SMILES string of the molecule is CC(C)(C(=O)c1ccccc1)C(N)=S. The van der Waals surface area contributed by atoms with E-state index in [2.05, 4.69) is 0 Å². The summed E-state index contributed by atoms with van der Waals surface area (Å²) in [4.78, 5) is 12.2. The van der Waals surface area contributed by atoms with Crippen molar-refractivity contribution in [3.63, 3.8) is 0 Å². The van der Waals surface area contributed by atoms with Gasteiger partial charge in [-0.3, -0.25) is 4.79 Å². The maximum atomic E-state index is 11.9. The first-order chi connectivity index (χ1) is 6.46. The van der Waals surface area contributed by atoms with Crippen LogP contribution in [0.4, 0.5) is 0 Å². The molecule has 0 aliphatic carbocycles. The Balaban J connectivity index is 3.03. The second-order valence-corrected chi connectivity index (χ2v) is 4.12. The van der Waals surface area contributed by atoms with Gasteiger partial charge in [-0.2, -0.15) is 0 Å². The van der Waals surface area contributed by atoms with Gasteiger partial charge in [-0.05, 0) is 13.8 Å². The van der Waals surface area contributed by atoms with Crippen molar-refractivity contribution in [1.82, 2.24) is 0 Å². The van der Waals surface area contributed by atoms with Gasteiger partial charge in [-0.1, -0.05) is 42.5 Å². The van der Waals surface area contributed by atoms with Crippen LogP contribution in [0.15, 0.2) is 30.3 Å². The van der Waals surface area contributed by atoms with Crippen LogP contribution in [-0.2, 0) is 0 Å². The number of rotatable bonds is 3. The van der Waals surface area contributed by atoms with E-state index in [1.165, 1.54) is 0 Å². The largest absolute Gasteiger partial charge is 0.392 e. The number of hydrogen-bond acceptors (Lipinski definition) is 2. The van der Waals surface area contributed by atoms with Crippen LogP contribution < -0.4 is 5.73 Å². The minimum atomic E-state index is -0.767. The van der Waals surface area contributed by atoms with E-state index < -0.39 is 5.41 Å². The summed E-state index contributed by atoms with van der Waals surface area (Å²) in [7, 11) is 0. The van der Waals surface area contributed by atoms with Crippen LogP contribution in [0.2, 0.25) is 0 Å². The molecule has 0 heterocycles. The molecule has 1 aromatic rings. The van der Waals surface area contributed by atoms with Gasteiger partial charge in [0.05, 0.1) is 10.4 Å². The Hall–Kier alpha value is -1.22. The highest BCUT2D eigenvalue weighted by Gasteiger charge is 2.31. The third-order valence-electron chi connectivity index (χ3n) is 2.22. The summed E-state index contributed by atoms with van der Waals surface area (Å²) in [5.74, 6) is -0.0365. The lowest BCUT2D eigenvalue weighted by Gasteiger charge is -2.21. The minimum Gasteiger partial charge on any atom is -0.392 e. The summed E-state index contributed by atoms with van der Waals surface area (Å²) in [6, 6.07) is 9.04. The Morgan fingerprint density at radius 3 is 2.21 bits per heavy atom. The molecule has 0 amide bonds. The molecule has 74 valence electrons. The average Bonchev–Trinajstić information content (AvgIpc) is 2.17. The zero-order chi connectivity index (χ0) is 10.8. The van der Waals surface area contributed by atoms with E-state index in [0.29, 0.717) is 5.56 Å². The fourth-order valence-corrected chi connectivity index (χ4v) is 1.15. The molecule has 1 rings (SSSR count). The quantitative estimate of drug-likeness (QED) is 0.610. The molecule has 0 aromatic heterocycles. The molecule has 0 aliphatic heterocycles. The molecule has 0 bridgehead atoms. The number of benzene rings is 1. The summed E-state index contributed by atoms with van der Waals surface area (Å²) < 4.78 is 0. The first-order valence-corrected chi connectivity index (χ1v) is 4.77. The standard InChI is InChI=1S/C11H13NOS/c1-11(2,10(12)14)9(13)8-6-4-3-5-7-8/h3-7H,1-2H3,(H2,12,14). The lowest BCUT2D eigenvalue weighted by Crippen LogP contribution is -2.37. The molecule has 0 atom stereocenters. The number of carbonyl (C=O) groups is 1. The van der Waals surface area contributed by atoms with Crippen molar-refractivity contribution in [2.24, 2.45) is 11.1 Å². The monoisotopic (exact) mass is 207 g/mol. The molecule has 2 nitrogen and oxygen atoms in total. The Kier molecular flexibility index (Phi) is 3.01. The van der Waals surface area contributed by atoms with Crippen LogP contribution in [-0.4, -0.2) is 10.8 Å². The molecular weight excluding hydrogens is 194 g/mol. The van der Waals surface area contributed by atoms with Gasteiger partial charge in [0.1, 0.15) is 0 Å². The zero-order valence-electron chi connectivity index (χ0n) is 8.28. The van der Waals surface area contributed by atoms with E-state index in [9.17, 15) is 4.79 Å². The molecule has 1 aromatic carbocycles. The molecule has 3 heteroatoms. The summed E-state index contributed by atoms with van der Waals surface area (Å²) in [6.07, 6.45) is 0. The molecule has 0 fully saturated rings. The maximum Gasteiger partial charge on any atom is 0.175 e. The van der Waals surface area contributed by atoms with E-state index in [1.807, 2.05) is 18.2 Å². The van der Waals surface area contributed by atoms with Gasteiger partial charge in [-0.15, -0.1) is 0 Å². The Labute approximate surface area is 89.1 Å². The highest BCUT2D eigenvalue weighted by molar-refractivity contribution is 7.80. The molecule has 0 saturated heterocycles. The number of ketones is 1. The minimum absolute atomic E-state index is 0.0365. The van der Waals surface area contributed by atoms with Gasteiger partial charge >= 0.3 is 0 Å². The van der Waals surface area contributed by atoms with Crippen molar-refractivity contribution in [2.75, 3.05) is 0 Å². The number of carbonyl (C=O) groups excluding carboxylic acids is 1. The number of hydrogen-bond donors (Lipinski definition) is 1. The van der Waals surface area contributed by atoms with Crippen LogP contribution in [0.25, 0.3) is 0 Å². The smallest absolute Gasteiger partial charge is 0.175 e. The highest BCUT2D eigenvalue weighted by atomic mass is 32.1. The van der Waals surface area contributed by atoms with Gasteiger partial charge in [0.15, 0.2) is 5.78 Å². The summed E-state index contributed by atoms with van der Waals surface area (Å²) in [5, 5.41) is 0. The van der Waals surface area contributed by atoms with Gasteiger partial charge in [0.2, 0.25) is 0 Å². The van der Waals surface area contributed by atoms with Crippen molar-refractivity contribution in [3.8, 4) is 0 Å². The first-order valence-electron chi connectivity index (χ1n) is 4.36. The maximum absolute atomic E-state index is 11.9. The van der Waals surface area contributed by atoms with Crippen molar-refractivity contribution >= 4 is 23.0 Å². The van der Waals surface area contributed by atoms with Crippen LogP contribution in [0.3, 0.4) is 0 Å². The second-order valence-electron chi connectivity index (χ2n) is 3.68. The van der Waals surface area contributed by atoms with Gasteiger partial charge in [0.25, 0.3) is 0 Å². The molecule has 0 unspecified atom stereocenters. The van der Waals surface area contributed by atoms with Crippen molar-refractivity contribution in [3.05, 3.63) is 35.9 Å². The van der Waals surface area contributed by atoms with Crippen molar-refractivity contribution < 1.29 is 4.79 Å². The molecule has 0 aliphatic rings. The highest BCUT2D eigenvalue weighted by Crippen LogP contribution is 2.21. The first kappa shape index (κ1) is 10.9. The fourth-order valence-electron chi connectivity index (χ4n) is 1.06. The van der Waals surface area contributed by atoms with Gasteiger partial charge in [-0.25, -0.2) is 0 Å². The zero-order valence-corrected chi connectivity index (χ0v) is 9.10. The lowest BCUT2D eigenvalue weighted by atomic mass is 9.84. The molecule has 0 radical (unpaired) electrons. The lowest BCUT2D eigenvalue weighted by molar-refractivity contribution is 0.0902. The molecule has 14 heavy (non-hydrogen) atoms. The Morgan fingerprint density at radius 1 is 1.29 bits per heavy atom. The van der Waals surface area contributed by atoms with E-state index >= 15 is 0 Å². The van der Waals surface area contributed by atoms with E-state index in [0.717, 1.165) is 0 Å². The van der Waals surface area contributed by atoms with Crippen molar-refractivity contribution in [2.45, 2.75) is 13.8 Å². The molecular formula is C11H13NOS. The van der Waals surface area contributed by atoms with Crippen molar-refractivity contribution in [1.29, 1.82) is 0 Å². The third-order valence-corrected chi connectivity index (χ3v) is 2.73. The van der Waals surface area contributed by atoms with E-state index in [4.69, 9.17) is 18.0 Å². The summed E-state index contributed by atoms with van der Waals surface area (Å²) in [6.45, 7) is 3.48. The predicted octanol–water partition coefficient (Wildman–Crippen LogP) is 2.18. The van der Waals surface area contributed by atoms with Crippen LogP contribution >= 0.6 is 12.2 Å². The normalized spacial score (nSPS) is 11.0. The van der Waals surface area contributed by atoms with Gasteiger partial charge in [0, 0.05) is 5.56 Å². The fraction of sp³-hybridized carbons (Fsp3) is 0.273. The third kappa shape index (κ3) is 1.99. The van der Waals surface area contributed by atoms with Crippen LogP contribution in [0.5, 0.6) is 0 Å². The summed E-state index contributed by atoms with van der Waals surface area (Å²) >= 11 is 4.86. The Bertz CT molecular complexity index is 357. The van der Waals surface area contributed by atoms with Gasteiger partial charge < -0.3 is 5.73 Å².